The van der Waals surface area contributed by atoms with Crippen molar-refractivity contribution in [3.63, 3.8) is 0 Å². The second-order valence-electron chi connectivity index (χ2n) is 4.14. The van der Waals surface area contributed by atoms with Gasteiger partial charge in [0.25, 0.3) is 0 Å². The average Bonchev–Trinajstić information content (AvgIpc) is 3.03. The number of nitrogen functional groups attached to an aromatic ring is 1. The Morgan fingerprint density at radius 1 is 1.56 bits per heavy atom. The smallest absolute Gasteiger partial charge is 0.157 e. The molecule has 6 heteroatoms. The lowest BCUT2D eigenvalue weighted by Gasteiger charge is -2.11. The first-order valence-corrected chi connectivity index (χ1v) is 5.70. The van der Waals surface area contributed by atoms with Gasteiger partial charge in [-0.2, -0.15) is 0 Å². The molecule has 0 saturated heterocycles. The minimum Gasteiger partial charge on any atom is -0.393 e. The van der Waals surface area contributed by atoms with Gasteiger partial charge in [-0.25, -0.2) is 9.97 Å². The summed E-state index contributed by atoms with van der Waals surface area (Å²) in [6.45, 7) is 2.08. The van der Waals surface area contributed by atoms with E-state index in [0.29, 0.717) is 24.0 Å². The van der Waals surface area contributed by atoms with Crippen molar-refractivity contribution >= 4 is 23.1 Å². The summed E-state index contributed by atoms with van der Waals surface area (Å²) in [6.07, 6.45) is 1.75. The molecule has 0 aliphatic heterocycles. The lowest BCUT2D eigenvalue weighted by Crippen LogP contribution is -2.18. The summed E-state index contributed by atoms with van der Waals surface area (Å²) in [5.74, 6) is 1.68. The van der Waals surface area contributed by atoms with Gasteiger partial charge >= 0.3 is 0 Å². The number of nitrogens with zero attached hydrogens (tertiary/aromatic N) is 2. The summed E-state index contributed by atoms with van der Waals surface area (Å²) in [5.41, 5.74) is 6.10. The molecular formula is C10H15ClN4O. The van der Waals surface area contributed by atoms with E-state index in [2.05, 4.69) is 15.3 Å². The van der Waals surface area contributed by atoms with Gasteiger partial charge in [-0.3, -0.25) is 0 Å². The number of aliphatic hydroxyl groups excluding tert-OH is 1. The van der Waals surface area contributed by atoms with Crippen LogP contribution in [-0.4, -0.2) is 27.7 Å². The third-order valence-electron chi connectivity index (χ3n) is 2.42. The van der Waals surface area contributed by atoms with Gasteiger partial charge in [0.15, 0.2) is 11.0 Å². The summed E-state index contributed by atoms with van der Waals surface area (Å²) in [6, 6.07) is 0. The molecule has 5 nitrogen and oxygen atoms in total. The standard InChI is InChI=1S/C10H15ClN4O/c1-5(16)4-13-10-7(12)8(11)14-9(15-10)6-2-3-6/h5-6,16H,2-4,12H2,1H3,(H,13,14,15). The Labute approximate surface area is 99.0 Å². The van der Waals surface area contributed by atoms with Crippen LogP contribution in [0.5, 0.6) is 0 Å². The maximum Gasteiger partial charge on any atom is 0.157 e. The Balaban J connectivity index is 2.20. The van der Waals surface area contributed by atoms with E-state index in [1.165, 1.54) is 0 Å². The van der Waals surface area contributed by atoms with Crippen molar-refractivity contribution in [2.24, 2.45) is 0 Å². The lowest BCUT2D eigenvalue weighted by molar-refractivity contribution is 0.208. The van der Waals surface area contributed by atoms with Crippen LogP contribution in [0.2, 0.25) is 5.15 Å². The monoisotopic (exact) mass is 242 g/mol. The molecule has 1 aliphatic rings. The molecule has 1 saturated carbocycles. The molecule has 0 spiro atoms. The molecular weight excluding hydrogens is 228 g/mol. The number of nitrogens with one attached hydrogen (secondary N) is 1. The van der Waals surface area contributed by atoms with Crippen molar-refractivity contribution in [3.05, 3.63) is 11.0 Å². The molecule has 0 radical (unpaired) electrons. The van der Waals surface area contributed by atoms with E-state index in [0.717, 1.165) is 18.7 Å². The molecule has 1 heterocycles. The SMILES string of the molecule is CC(O)CNc1nc(C2CC2)nc(Cl)c1N. The van der Waals surface area contributed by atoms with E-state index >= 15 is 0 Å². The zero-order valence-electron chi connectivity index (χ0n) is 9.07. The first-order valence-electron chi connectivity index (χ1n) is 5.32. The molecule has 1 fully saturated rings. The predicted molar refractivity (Wildman–Crippen MR) is 63.6 cm³/mol. The van der Waals surface area contributed by atoms with E-state index in [1.54, 1.807) is 6.92 Å². The highest BCUT2D eigenvalue weighted by molar-refractivity contribution is 6.32. The van der Waals surface area contributed by atoms with Gasteiger partial charge in [0.05, 0.1) is 6.10 Å². The van der Waals surface area contributed by atoms with Crippen LogP contribution in [0.3, 0.4) is 0 Å². The maximum atomic E-state index is 9.19. The van der Waals surface area contributed by atoms with Crippen LogP contribution in [0, 0.1) is 0 Å². The molecule has 4 N–H and O–H groups in total. The molecule has 0 amide bonds. The number of nitrogens with two attached hydrogens (primary N) is 1. The highest BCUT2D eigenvalue weighted by Crippen LogP contribution is 2.40. The minimum atomic E-state index is -0.461. The number of aromatic nitrogens is 2. The Bertz CT molecular complexity index is 393. The first kappa shape index (κ1) is 11.4. The number of rotatable bonds is 4. The fourth-order valence-electron chi connectivity index (χ4n) is 1.36. The molecule has 0 bridgehead atoms. The lowest BCUT2D eigenvalue weighted by atomic mass is 10.3. The molecule has 1 atom stereocenters. The van der Waals surface area contributed by atoms with E-state index in [9.17, 15) is 5.11 Å². The van der Waals surface area contributed by atoms with Crippen molar-refractivity contribution in [1.29, 1.82) is 0 Å². The Morgan fingerprint density at radius 3 is 2.81 bits per heavy atom. The second-order valence-corrected chi connectivity index (χ2v) is 4.50. The fourth-order valence-corrected chi connectivity index (χ4v) is 1.54. The van der Waals surface area contributed by atoms with E-state index < -0.39 is 6.10 Å². The third-order valence-corrected chi connectivity index (χ3v) is 2.71. The van der Waals surface area contributed by atoms with Crippen molar-refractivity contribution in [2.75, 3.05) is 17.6 Å². The molecule has 1 aromatic heterocycles. The van der Waals surface area contributed by atoms with Crippen LogP contribution in [0.15, 0.2) is 0 Å². The summed E-state index contributed by atoms with van der Waals surface area (Å²) in [5, 5.41) is 12.4. The Morgan fingerprint density at radius 2 is 2.25 bits per heavy atom. The van der Waals surface area contributed by atoms with Crippen LogP contribution in [0.1, 0.15) is 31.5 Å². The molecule has 0 aromatic carbocycles. The molecule has 2 rings (SSSR count). The van der Waals surface area contributed by atoms with Crippen LogP contribution in [0.4, 0.5) is 11.5 Å². The maximum absolute atomic E-state index is 9.19. The van der Waals surface area contributed by atoms with Crippen LogP contribution in [-0.2, 0) is 0 Å². The Kier molecular flexibility index (Phi) is 3.16. The molecule has 88 valence electrons. The topological polar surface area (TPSA) is 84.1 Å². The van der Waals surface area contributed by atoms with E-state index in [4.69, 9.17) is 17.3 Å². The van der Waals surface area contributed by atoms with Gasteiger partial charge in [0, 0.05) is 12.5 Å². The van der Waals surface area contributed by atoms with Gasteiger partial charge in [-0.15, -0.1) is 0 Å². The van der Waals surface area contributed by atoms with Crippen molar-refractivity contribution in [3.8, 4) is 0 Å². The minimum absolute atomic E-state index is 0.282. The third kappa shape index (κ3) is 2.54. The molecule has 1 aromatic rings. The van der Waals surface area contributed by atoms with Crippen molar-refractivity contribution in [1.82, 2.24) is 9.97 Å². The zero-order chi connectivity index (χ0) is 11.7. The summed E-state index contributed by atoms with van der Waals surface area (Å²) in [4.78, 5) is 8.47. The number of hydrogen-bond acceptors (Lipinski definition) is 5. The quantitative estimate of drug-likeness (QED) is 0.695. The van der Waals surface area contributed by atoms with E-state index in [-0.39, 0.29) is 5.15 Å². The molecule has 1 unspecified atom stereocenters. The number of halogens is 1. The normalized spacial score (nSPS) is 17.2. The highest BCUT2D eigenvalue weighted by atomic mass is 35.5. The fraction of sp³-hybridized carbons (Fsp3) is 0.600. The van der Waals surface area contributed by atoms with Crippen LogP contribution >= 0.6 is 11.6 Å². The first-order chi connectivity index (χ1) is 7.58. The highest BCUT2D eigenvalue weighted by Gasteiger charge is 2.28. The predicted octanol–water partition coefficient (Wildman–Crippen LogP) is 1.38. The van der Waals surface area contributed by atoms with Gasteiger partial charge in [-0.05, 0) is 19.8 Å². The number of hydrogen-bond donors (Lipinski definition) is 3. The molecule has 16 heavy (non-hydrogen) atoms. The number of anilines is 2. The van der Waals surface area contributed by atoms with Crippen LogP contribution < -0.4 is 11.1 Å². The van der Waals surface area contributed by atoms with Crippen molar-refractivity contribution in [2.45, 2.75) is 31.8 Å². The largest absolute Gasteiger partial charge is 0.393 e. The van der Waals surface area contributed by atoms with Gasteiger partial charge in [0.2, 0.25) is 0 Å². The zero-order valence-corrected chi connectivity index (χ0v) is 9.83. The second kappa shape index (κ2) is 4.43. The summed E-state index contributed by atoms with van der Waals surface area (Å²) >= 11 is 5.93. The van der Waals surface area contributed by atoms with Gasteiger partial charge in [-0.1, -0.05) is 11.6 Å². The average molecular weight is 243 g/mol. The van der Waals surface area contributed by atoms with Crippen LogP contribution in [0.25, 0.3) is 0 Å². The van der Waals surface area contributed by atoms with Crippen molar-refractivity contribution < 1.29 is 5.11 Å². The van der Waals surface area contributed by atoms with E-state index in [1.807, 2.05) is 0 Å². The van der Waals surface area contributed by atoms with Gasteiger partial charge < -0.3 is 16.2 Å². The Hall–Kier alpha value is -1.07. The number of aliphatic hydroxyl groups is 1. The molecule has 1 aliphatic carbocycles. The van der Waals surface area contributed by atoms with Gasteiger partial charge in [0.1, 0.15) is 11.5 Å². The summed E-state index contributed by atoms with van der Waals surface area (Å²) < 4.78 is 0. The summed E-state index contributed by atoms with van der Waals surface area (Å²) in [7, 11) is 0.